The number of nitrogens with one attached hydrogen (secondary N) is 2. The van der Waals surface area contributed by atoms with Crippen molar-refractivity contribution >= 4 is 52.0 Å². The van der Waals surface area contributed by atoms with E-state index in [1.165, 1.54) is 7.05 Å². The molecule has 0 aliphatic carbocycles. The molecule has 13 nitrogen and oxygen atoms in total. The summed E-state index contributed by atoms with van der Waals surface area (Å²) in [5.41, 5.74) is 0.100. The molecular formula is C17H18N4O9S. The molecule has 1 aromatic heterocycles. The fourth-order valence-electron chi connectivity index (χ4n) is 3.31. The predicted octanol–water partition coefficient (Wildman–Crippen LogP) is -1.08. The molecule has 1 fully saturated rings. The second-order valence-electron chi connectivity index (χ2n) is 6.72. The number of carboxylic acid groups (broad SMARTS) is 2. The fraction of sp³-hybridized carbons (Fsp3) is 0.412. The Balaban J connectivity index is 1.76. The molecular weight excluding hydrogens is 436 g/mol. The molecule has 0 bridgehead atoms. The quantitative estimate of drug-likeness (QED) is 0.325. The van der Waals surface area contributed by atoms with Crippen LogP contribution in [0.5, 0.6) is 0 Å². The Kier molecular flexibility index (Phi) is 6.21. The number of amides is 5. The molecule has 4 N–H and O–H groups in total. The minimum atomic E-state index is -1.76. The molecule has 0 radical (unpaired) electrons. The summed E-state index contributed by atoms with van der Waals surface area (Å²) in [6, 6.07) is -0.555. The van der Waals surface area contributed by atoms with Crippen LogP contribution in [0.1, 0.15) is 20.8 Å². The van der Waals surface area contributed by atoms with Crippen molar-refractivity contribution in [2.24, 2.45) is 0 Å². The molecule has 0 spiro atoms. The van der Waals surface area contributed by atoms with Gasteiger partial charge in [-0.25, -0.2) is 14.4 Å². The Morgan fingerprint density at radius 1 is 1.16 bits per heavy atom. The van der Waals surface area contributed by atoms with E-state index in [-0.39, 0.29) is 43.2 Å². The number of fused-ring (bicyclic) bond motifs is 1. The zero-order valence-electron chi connectivity index (χ0n) is 16.2. The summed E-state index contributed by atoms with van der Waals surface area (Å²) in [5.74, 6) is -5.67. The van der Waals surface area contributed by atoms with Crippen LogP contribution in [-0.2, 0) is 36.9 Å². The van der Waals surface area contributed by atoms with E-state index in [0.29, 0.717) is 10.4 Å². The smallest absolute Gasteiger partial charge is 0.394 e. The first kappa shape index (κ1) is 22.2. The van der Waals surface area contributed by atoms with Crippen molar-refractivity contribution in [1.82, 2.24) is 15.1 Å². The Morgan fingerprint density at radius 3 is 2.35 bits per heavy atom. The largest absolute Gasteiger partial charge is 0.478 e. The lowest BCUT2D eigenvalue weighted by molar-refractivity contribution is -0.152. The SMILES string of the molecule is CNC(=O)N1CC(=O)N(CC2Cc3c(sc(NC(=O)C(=O)O)c3C(=O)O)CO2)C(=O)C1. The van der Waals surface area contributed by atoms with E-state index in [0.717, 1.165) is 21.1 Å². The van der Waals surface area contributed by atoms with Crippen LogP contribution < -0.4 is 10.6 Å². The molecule has 5 amide bonds. The summed E-state index contributed by atoms with van der Waals surface area (Å²) in [4.78, 5) is 72.9. The third kappa shape index (κ3) is 4.49. The van der Waals surface area contributed by atoms with Crippen LogP contribution in [0.15, 0.2) is 0 Å². The van der Waals surface area contributed by atoms with Gasteiger partial charge in [-0.05, 0) is 5.56 Å². The van der Waals surface area contributed by atoms with Crippen LogP contribution in [0.2, 0.25) is 0 Å². The van der Waals surface area contributed by atoms with E-state index in [4.69, 9.17) is 9.84 Å². The highest BCUT2D eigenvalue weighted by atomic mass is 32.1. The van der Waals surface area contributed by atoms with Crippen molar-refractivity contribution in [2.75, 3.05) is 32.0 Å². The number of nitrogens with zero attached hydrogens (tertiary/aromatic N) is 2. The summed E-state index contributed by atoms with van der Waals surface area (Å²) in [7, 11) is 1.38. The van der Waals surface area contributed by atoms with Crippen molar-refractivity contribution in [1.29, 1.82) is 0 Å². The van der Waals surface area contributed by atoms with Crippen LogP contribution in [0.4, 0.5) is 9.80 Å². The molecule has 0 saturated carbocycles. The van der Waals surface area contributed by atoms with Gasteiger partial charge in [-0.2, -0.15) is 0 Å². The average molecular weight is 454 g/mol. The Bertz CT molecular complexity index is 970. The number of piperazine rings is 1. The number of hydrogen-bond acceptors (Lipinski definition) is 8. The Labute approximate surface area is 178 Å². The highest BCUT2D eigenvalue weighted by molar-refractivity contribution is 7.17. The van der Waals surface area contributed by atoms with Gasteiger partial charge >= 0.3 is 23.9 Å². The first-order valence-corrected chi connectivity index (χ1v) is 9.77. The third-order valence-electron chi connectivity index (χ3n) is 4.75. The number of carbonyl (C=O) groups excluding carboxylic acids is 4. The standard InChI is InChI=1S/C17H18N4O9S/c1-18-17(29)20-4-10(22)21(11(23)5-20)3-7-2-8-9(6-30-7)31-14(12(8)15(25)26)19-13(24)16(27)28/h7H,2-6H2,1H3,(H,18,29)(H,19,24)(H,25,26)(H,27,28). The number of hydrogen-bond donors (Lipinski definition) is 4. The molecule has 2 aliphatic heterocycles. The highest BCUT2D eigenvalue weighted by Gasteiger charge is 2.37. The first-order valence-electron chi connectivity index (χ1n) is 8.95. The number of urea groups is 1. The summed E-state index contributed by atoms with van der Waals surface area (Å²) in [6.07, 6.45) is -0.672. The lowest BCUT2D eigenvalue weighted by atomic mass is 10.00. The molecule has 3 rings (SSSR count). The normalized spacial score (nSPS) is 18.4. The van der Waals surface area contributed by atoms with Crippen LogP contribution in [0.25, 0.3) is 0 Å². The van der Waals surface area contributed by atoms with Gasteiger partial charge in [0.1, 0.15) is 18.1 Å². The minimum Gasteiger partial charge on any atom is -0.478 e. The zero-order valence-corrected chi connectivity index (χ0v) is 17.0. The predicted molar refractivity (Wildman–Crippen MR) is 103 cm³/mol. The first-order chi connectivity index (χ1) is 14.6. The second kappa shape index (κ2) is 8.69. The number of aliphatic carboxylic acids is 1. The second-order valence-corrected chi connectivity index (χ2v) is 7.82. The molecule has 14 heteroatoms. The lowest BCUT2D eigenvalue weighted by Crippen LogP contribution is -2.58. The van der Waals surface area contributed by atoms with Crippen LogP contribution in [0.3, 0.4) is 0 Å². The van der Waals surface area contributed by atoms with Gasteiger partial charge in [-0.3, -0.25) is 19.3 Å². The highest BCUT2D eigenvalue weighted by Crippen LogP contribution is 2.38. The maximum absolute atomic E-state index is 12.4. The van der Waals surface area contributed by atoms with Gasteiger partial charge in [0.25, 0.3) is 0 Å². The van der Waals surface area contributed by atoms with Gasteiger partial charge in [-0.1, -0.05) is 0 Å². The number of rotatable bonds is 4. The van der Waals surface area contributed by atoms with E-state index in [1.54, 1.807) is 0 Å². The summed E-state index contributed by atoms with van der Waals surface area (Å²) in [5, 5.41) is 22.6. The number of anilines is 1. The topological polar surface area (TPSA) is 183 Å². The average Bonchev–Trinajstić information content (AvgIpc) is 3.06. The van der Waals surface area contributed by atoms with Gasteiger partial charge in [0.05, 0.1) is 24.8 Å². The van der Waals surface area contributed by atoms with Crippen LogP contribution in [0, 0.1) is 0 Å². The van der Waals surface area contributed by atoms with E-state index in [2.05, 4.69) is 10.6 Å². The van der Waals surface area contributed by atoms with Crippen LogP contribution >= 0.6 is 11.3 Å². The number of carbonyl (C=O) groups is 6. The Morgan fingerprint density at radius 2 is 1.81 bits per heavy atom. The van der Waals surface area contributed by atoms with Crippen molar-refractivity contribution in [2.45, 2.75) is 19.1 Å². The summed E-state index contributed by atoms with van der Waals surface area (Å²) < 4.78 is 5.65. The van der Waals surface area contributed by atoms with E-state index in [9.17, 15) is 33.9 Å². The molecule has 166 valence electrons. The Hall–Kier alpha value is -3.52. The molecule has 0 aromatic carbocycles. The number of imide groups is 1. The molecule has 1 saturated heterocycles. The lowest BCUT2D eigenvalue weighted by Gasteiger charge is -2.35. The molecule has 2 aliphatic rings. The number of aromatic carboxylic acids is 1. The molecule has 31 heavy (non-hydrogen) atoms. The van der Waals surface area contributed by atoms with Crippen molar-refractivity contribution < 1.29 is 43.7 Å². The zero-order chi connectivity index (χ0) is 22.9. The van der Waals surface area contributed by atoms with E-state index >= 15 is 0 Å². The number of thiophene rings is 1. The molecule has 1 aromatic rings. The summed E-state index contributed by atoms with van der Waals surface area (Å²) >= 11 is 0.892. The molecule has 1 atom stereocenters. The molecule has 3 heterocycles. The number of carboxylic acids is 2. The monoisotopic (exact) mass is 454 g/mol. The number of ether oxygens (including phenoxy) is 1. The summed E-state index contributed by atoms with van der Waals surface area (Å²) in [6.45, 7) is -0.736. The van der Waals surface area contributed by atoms with Crippen molar-refractivity contribution in [3.63, 3.8) is 0 Å². The molecule has 1 unspecified atom stereocenters. The van der Waals surface area contributed by atoms with Gasteiger partial charge < -0.3 is 30.5 Å². The van der Waals surface area contributed by atoms with Gasteiger partial charge in [0.2, 0.25) is 11.8 Å². The fourth-order valence-corrected chi connectivity index (χ4v) is 4.45. The van der Waals surface area contributed by atoms with Crippen molar-refractivity contribution in [3.8, 4) is 0 Å². The maximum Gasteiger partial charge on any atom is 0.394 e. The van der Waals surface area contributed by atoms with E-state index < -0.39 is 41.8 Å². The third-order valence-corrected chi connectivity index (χ3v) is 5.87. The van der Waals surface area contributed by atoms with Crippen molar-refractivity contribution in [3.05, 3.63) is 16.0 Å². The van der Waals surface area contributed by atoms with Gasteiger partial charge in [0.15, 0.2) is 0 Å². The van der Waals surface area contributed by atoms with Gasteiger partial charge in [0, 0.05) is 18.3 Å². The van der Waals surface area contributed by atoms with E-state index in [1.807, 2.05) is 0 Å². The maximum atomic E-state index is 12.4. The van der Waals surface area contributed by atoms with Gasteiger partial charge in [-0.15, -0.1) is 11.3 Å². The van der Waals surface area contributed by atoms with Crippen LogP contribution in [-0.4, -0.2) is 88.5 Å². The minimum absolute atomic E-state index is 0.0333.